The molecule has 3 nitrogen and oxygen atoms in total. The molecule has 1 unspecified atom stereocenters. The third-order valence-electron chi connectivity index (χ3n) is 5.64. The zero-order valence-electron chi connectivity index (χ0n) is 11.0. The molecule has 1 heterocycles. The maximum atomic E-state index is 10.5. The molecule has 1 fully saturated rings. The SMILES string of the molecule is O[C@H]1C(Br)=C2c3ccc4[nH]ncc4c3CC23CC[C@@H]1C3. The molecule has 1 spiro atoms. The Morgan fingerprint density at radius 2 is 2.30 bits per heavy atom. The lowest BCUT2D eigenvalue weighted by Crippen LogP contribution is -2.29. The van der Waals surface area contributed by atoms with Crippen molar-refractivity contribution in [2.75, 3.05) is 0 Å². The van der Waals surface area contributed by atoms with Crippen LogP contribution in [0.2, 0.25) is 0 Å². The Kier molecular flexibility index (Phi) is 2.04. The van der Waals surface area contributed by atoms with E-state index in [1.807, 2.05) is 6.20 Å². The van der Waals surface area contributed by atoms with Crippen molar-refractivity contribution in [1.29, 1.82) is 0 Å². The van der Waals surface area contributed by atoms with Gasteiger partial charge in [0, 0.05) is 15.3 Å². The number of halogens is 1. The highest BCUT2D eigenvalue weighted by Gasteiger charge is 2.54. The first-order valence-corrected chi connectivity index (χ1v) is 8.02. The molecule has 0 saturated heterocycles. The van der Waals surface area contributed by atoms with E-state index in [2.05, 4.69) is 38.3 Å². The smallest absolute Gasteiger partial charge is 0.0886 e. The lowest BCUT2D eigenvalue weighted by atomic mass is 9.74. The number of aromatic amines is 1. The Morgan fingerprint density at radius 3 is 3.20 bits per heavy atom. The van der Waals surface area contributed by atoms with Crippen LogP contribution in [0.25, 0.3) is 16.5 Å². The summed E-state index contributed by atoms with van der Waals surface area (Å²) in [6.07, 6.45) is 6.21. The second-order valence-corrected chi connectivity index (χ2v) is 7.41. The monoisotopic (exact) mass is 330 g/mol. The number of hydrogen-bond acceptors (Lipinski definition) is 2. The molecule has 2 N–H and O–H groups in total. The number of aliphatic hydroxyl groups is 1. The molecular formula is C16H15BrN2O. The molecule has 0 radical (unpaired) electrons. The average molecular weight is 331 g/mol. The first kappa shape index (κ1) is 11.5. The summed E-state index contributed by atoms with van der Waals surface area (Å²) in [7, 11) is 0. The number of aromatic nitrogens is 2. The van der Waals surface area contributed by atoms with E-state index < -0.39 is 0 Å². The van der Waals surface area contributed by atoms with Gasteiger partial charge in [0.1, 0.15) is 0 Å². The summed E-state index contributed by atoms with van der Waals surface area (Å²) in [5, 5.41) is 19.0. The van der Waals surface area contributed by atoms with Crippen LogP contribution in [0.5, 0.6) is 0 Å². The van der Waals surface area contributed by atoms with Crippen LogP contribution in [0.1, 0.15) is 30.4 Å². The maximum absolute atomic E-state index is 10.5. The Hall–Kier alpha value is -1.13. The minimum absolute atomic E-state index is 0.261. The molecule has 2 bridgehead atoms. The van der Waals surface area contributed by atoms with Crippen LogP contribution in [0.3, 0.4) is 0 Å². The van der Waals surface area contributed by atoms with Crippen molar-refractivity contribution in [3.63, 3.8) is 0 Å². The van der Waals surface area contributed by atoms with Crippen molar-refractivity contribution in [1.82, 2.24) is 10.2 Å². The van der Waals surface area contributed by atoms with Gasteiger partial charge in [-0.05, 0) is 54.4 Å². The van der Waals surface area contributed by atoms with Crippen molar-refractivity contribution < 1.29 is 5.11 Å². The van der Waals surface area contributed by atoms with Gasteiger partial charge in [-0.1, -0.05) is 22.0 Å². The van der Waals surface area contributed by atoms with Crippen LogP contribution in [0.15, 0.2) is 22.8 Å². The molecule has 102 valence electrons. The van der Waals surface area contributed by atoms with Gasteiger partial charge in [-0.25, -0.2) is 0 Å². The topological polar surface area (TPSA) is 48.9 Å². The van der Waals surface area contributed by atoms with Crippen LogP contribution in [-0.4, -0.2) is 21.4 Å². The number of nitrogens with zero attached hydrogens (tertiary/aromatic N) is 1. The first-order valence-electron chi connectivity index (χ1n) is 7.23. The molecule has 4 heteroatoms. The van der Waals surface area contributed by atoms with E-state index in [4.69, 9.17) is 0 Å². The molecular weight excluding hydrogens is 316 g/mol. The fourth-order valence-electron chi connectivity index (χ4n) is 4.77. The fourth-order valence-corrected chi connectivity index (χ4v) is 5.78. The maximum Gasteiger partial charge on any atom is 0.0886 e. The van der Waals surface area contributed by atoms with E-state index in [0.29, 0.717) is 5.92 Å². The molecule has 1 saturated carbocycles. The predicted octanol–water partition coefficient (Wildman–Crippen LogP) is 3.39. The van der Waals surface area contributed by atoms with Gasteiger partial charge in [-0.2, -0.15) is 5.10 Å². The largest absolute Gasteiger partial charge is 0.388 e. The zero-order valence-corrected chi connectivity index (χ0v) is 12.6. The van der Waals surface area contributed by atoms with Gasteiger partial charge >= 0.3 is 0 Å². The van der Waals surface area contributed by atoms with Gasteiger partial charge in [0.05, 0.1) is 17.8 Å². The minimum Gasteiger partial charge on any atom is -0.388 e. The first-order chi connectivity index (χ1) is 9.70. The van der Waals surface area contributed by atoms with Crippen LogP contribution in [-0.2, 0) is 6.42 Å². The van der Waals surface area contributed by atoms with Gasteiger partial charge in [-0.3, -0.25) is 5.10 Å². The van der Waals surface area contributed by atoms with Gasteiger partial charge in [0.15, 0.2) is 0 Å². The number of benzene rings is 1. The molecule has 3 aliphatic rings. The third kappa shape index (κ3) is 1.19. The lowest BCUT2D eigenvalue weighted by molar-refractivity contribution is 0.140. The van der Waals surface area contributed by atoms with Crippen LogP contribution < -0.4 is 0 Å². The Morgan fingerprint density at radius 1 is 1.40 bits per heavy atom. The van der Waals surface area contributed by atoms with E-state index in [1.165, 1.54) is 28.5 Å². The highest BCUT2D eigenvalue weighted by Crippen LogP contribution is 2.64. The molecule has 1 aromatic carbocycles. The number of allylic oxidation sites excluding steroid dienone is 1. The van der Waals surface area contributed by atoms with E-state index in [1.54, 1.807) is 0 Å². The summed E-state index contributed by atoms with van der Waals surface area (Å²) in [5.74, 6) is 0.433. The van der Waals surface area contributed by atoms with Crippen molar-refractivity contribution in [3.05, 3.63) is 33.9 Å². The van der Waals surface area contributed by atoms with Crippen LogP contribution in [0, 0.1) is 11.3 Å². The van der Waals surface area contributed by atoms with Gasteiger partial charge in [-0.15, -0.1) is 0 Å². The van der Waals surface area contributed by atoms with E-state index in [-0.39, 0.29) is 11.5 Å². The quantitative estimate of drug-likeness (QED) is 0.777. The molecule has 1 aromatic heterocycles. The van der Waals surface area contributed by atoms with Crippen LogP contribution in [0.4, 0.5) is 0 Å². The lowest BCUT2D eigenvalue weighted by Gasteiger charge is -2.34. The third-order valence-corrected chi connectivity index (χ3v) is 6.51. The molecule has 20 heavy (non-hydrogen) atoms. The molecule has 3 aliphatic carbocycles. The van der Waals surface area contributed by atoms with E-state index in [9.17, 15) is 5.11 Å². The second kappa shape index (κ2) is 3.55. The second-order valence-electron chi connectivity index (χ2n) is 6.55. The number of aliphatic hydroxyl groups excluding tert-OH is 1. The predicted molar refractivity (Wildman–Crippen MR) is 81.4 cm³/mol. The molecule has 2 aromatic rings. The van der Waals surface area contributed by atoms with Crippen molar-refractivity contribution in [2.24, 2.45) is 11.3 Å². The summed E-state index contributed by atoms with van der Waals surface area (Å²) in [5.41, 5.74) is 5.49. The Balaban J connectivity index is 1.86. The molecule has 0 aliphatic heterocycles. The molecule has 5 rings (SSSR count). The summed E-state index contributed by atoms with van der Waals surface area (Å²) in [6.45, 7) is 0. The summed E-state index contributed by atoms with van der Waals surface area (Å²) in [6, 6.07) is 4.31. The van der Waals surface area contributed by atoms with E-state index >= 15 is 0 Å². The number of nitrogens with one attached hydrogen (secondary N) is 1. The minimum atomic E-state index is -0.313. The summed E-state index contributed by atoms with van der Waals surface area (Å²) >= 11 is 3.71. The van der Waals surface area contributed by atoms with Crippen molar-refractivity contribution in [2.45, 2.75) is 31.8 Å². The fraction of sp³-hybridized carbons (Fsp3) is 0.438. The van der Waals surface area contributed by atoms with Gasteiger partial charge < -0.3 is 5.11 Å². The normalized spacial score (nSPS) is 34.7. The number of H-pyrrole nitrogens is 1. The molecule has 0 amide bonds. The van der Waals surface area contributed by atoms with Crippen molar-refractivity contribution >= 4 is 32.4 Å². The van der Waals surface area contributed by atoms with Crippen molar-refractivity contribution in [3.8, 4) is 0 Å². The Labute approximate surface area is 125 Å². The van der Waals surface area contributed by atoms with Gasteiger partial charge in [0.2, 0.25) is 0 Å². The molecule has 3 atom stereocenters. The standard InChI is InChI=1S/C16H15BrN2O/c17-14-13-9-1-2-12-11(7-18-19-12)10(9)6-16(13)4-3-8(5-16)15(14)20/h1-2,7-8,15,20H,3-6H2,(H,18,19)/t8-,15-,16?/m1/s1. The average Bonchev–Trinajstić information content (AvgIpc) is 3.11. The number of fused-ring (bicyclic) bond motifs is 5. The van der Waals surface area contributed by atoms with Crippen LogP contribution >= 0.6 is 15.9 Å². The highest BCUT2D eigenvalue weighted by molar-refractivity contribution is 9.11. The highest BCUT2D eigenvalue weighted by atomic mass is 79.9. The van der Waals surface area contributed by atoms with E-state index in [0.717, 1.165) is 29.3 Å². The zero-order chi connectivity index (χ0) is 13.5. The Bertz CT molecular complexity index is 778. The number of hydrogen-bond donors (Lipinski definition) is 2. The van der Waals surface area contributed by atoms with Gasteiger partial charge in [0.25, 0.3) is 0 Å². The summed E-state index contributed by atoms with van der Waals surface area (Å²) in [4.78, 5) is 0. The number of rotatable bonds is 0. The summed E-state index contributed by atoms with van der Waals surface area (Å²) < 4.78 is 1.04.